The largest absolute Gasteiger partial charge is 0.468 e. The summed E-state index contributed by atoms with van der Waals surface area (Å²) in [4.78, 5) is 18.2. The second kappa shape index (κ2) is 5.35. The van der Waals surface area contributed by atoms with Crippen LogP contribution in [0.1, 0.15) is 24.1 Å². The van der Waals surface area contributed by atoms with Gasteiger partial charge in [-0.2, -0.15) is 0 Å². The van der Waals surface area contributed by atoms with E-state index in [0.717, 1.165) is 31.4 Å². The number of methoxy groups -OCH3 is 1. The molecule has 5 nitrogen and oxygen atoms in total. The number of carbonyl (C=O) groups excluding carboxylic acids is 1. The normalized spacial score (nSPS) is 23.8. The Bertz CT molecular complexity index is 744. The number of ether oxygens (including phenoxy) is 1. The van der Waals surface area contributed by atoms with Gasteiger partial charge in [-0.05, 0) is 44.6 Å². The Labute approximate surface area is 136 Å². The Kier molecular flexibility index (Phi) is 3.43. The third-order valence-corrected chi connectivity index (χ3v) is 5.48. The van der Waals surface area contributed by atoms with Crippen molar-refractivity contribution in [3.05, 3.63) is 35.5 Å². The molecule has 5 heteroatoms. The lowest BCUT2D eigenvalue weighted by Gasteiger charge is -2.46. The molecule has 1 saturated heterocycles. The van der Waals surface area contributed by atoms with Gasteiger partial charge in [0.2, 0.25) is 0 Å². The first-order chi connectivity index (χ1) is 11.1. The first kappa shape index (κ1) is 14.7. The van der Waals surface area contributed by atoms with E-state index in [1.54, 1.807) is 0 Å². The zero-order valence-electron chi connectivity index (χ0n) is 13.7. The second-order valence-corrected chi connectivity index (χ2v) is 6.83. The smallest absolute Gasteiger partial charge is 0.323 e. The fraction of sp³-hybridized carbons (Fsp3) is 0.500. The number of carbonyl (C=O) groups is 1. The number of aromatic amines is 1. The fourth-order valence-corrected chi connectivity index (χ4v) is 4.16. The molecule has 2 aliphatic heterocycles. The molecule has 0 bridgehead atoms. The Morgan fingerprint density at radius 1 is 1.30 bits per heavy atom. The summed E-state index contributed by atoms with van der Waals surface area (Å²) in [7, 11) is 3.62. The monoisotopic (exact) mass is 313 g/mol. The molecule has 1 aromatic heterocycles. The standard InChI is InChI=1S/C18H23N3O2/c1-21-9-7-18(8-10-21)16-13(11-15(20-18)17(22)23-2)12-5-3-4-6-14(12)19-16/h3-6,15,19-20H,7-11H2,1-2H3. The summed E-state index contributed by atoms with van der Waals surface area (Å²) >= 11 is 0. The van der Waals surface area contributed by atoms with E-state index < -0.39 is 0 Å². The number of H-pyrrole nitrogens is 1. The predicted octanol–water partition coefficient (Wildman–Crippen LogP) is 1.78. The molecule has 0 saturated carbocycles. The number of nitrogens with zero attached hydrogens (tertiary/aromatic N) is 1. The van der Waals surface area contributed by atoms with Gasteiger partial charge in [-0.25, -0.2) is 0 Å². The van der Waals surface area contributed by atoms with Gasteiger partial charge in [0.15, 0.2) is 0 Å². The van der Waals surface area contributed by atoms with Crippen LogP contribution in [0.5, 0.6) is 0 Å². The number of likely N-dealkylation sites (tertiary alicyclic amines) is 1. The summed E-state index contributed by atoms with van der Waals surface area (Å²) in [5, 5.41) is 4.86. The molecule has 2 N–H and O–H groups in total. The summed E-state index contributed by atoms with van der Waals surface area (Å²) in [6, 6.07) is 8.11. The van der Waals surface area contributed by atoms with Gasteiger partial charge in [0.05, 0.1) is 12.6 Å². The highest BCUT2D eigenvalue weighted by Crippen LogP contribution is 2.41. The van der Waals surface area contributed by atoms with E-state index in [9.17, 15) is 4.79 Å². The molecule has 1 spiro atoms. The average molecular weight is 313 g/mol. The minimum absolute atomic E-state index is 0.155. The number of aromatic nitrogens is 1. The van der Waals surface area contributed by atoms with E-state index in [0.29, 0.717) is 6.42 Å². The van der Waals surface area contributed by atoms with Crippen LogP contribution in [0.3, 0.4) is 0 Å². The number of piperidine rings is 1. The second-order valence-electron chi connectivity index (χ2n) is 6.83. The molecule has 4 rings (SSSR count). The summed E-state index contributed by atoms with van der Waals surface area (Å²) in [6.45, 7) is 2.05. The maximum absolute atomic E-state index is 12.2. The van der Waals surface area contributed by atoms with Crippen LogP contribution in [-0.2, 0) is 21.5 Å². The third-order valence-electron chi connectivity index (χ3n) is 5.48. The highest BCUT2D eigenvalue weighted by atomic mass is 16.5. The summed E-state index contributed by atoms with van der Waals surface area (Å²) < 4.78 is 5.03. The molecule has 23 heavy (non-hydrogen) atoms. The van der Waals surface area contributed by atoms with Gasteiger partial charge in [-0.15, -0.1) is 0 Å². The molecule has 1 aromatic carbocycles. The molecule has 1 fully saturated rings. The first-order valence-electron chi connectivity index (χ1n) is 8.27. The van der Waals surface area contributed by atoms with Crippen LogP contribution >= 0.6 is 0 Å². The van der Waals surface area contributed by atoms with Crippen LogP contribution in [-0.4, -0.2) is 49.1 Å². The van der Waals surface area contributed by atoms with Crippen molar-refractivity contribution in [2.24, 2.45) is 0 Å². The fourth-order valence-electron chi connectivity index (χ4n) is 4.16. The van der Waals surface area contributed by atoms with Crippen LogP contribution < -0.4 is 5.32 Å². The molecule has 1 atom stereocenters. The van der Waals surface area contributed by atoms with Crippen molar-refractivity contribution >= 4 is 16.9 Å². The van der Waals surface area contributed by atoms with E-state index >= 15 is 0 Å². The van der Waals surface area contributed by atoms with Crippen molar-refractivity contribution < 1.29 is 9.53 Å². The van der Waals surface area contributed by atoms with Crippen molar-refractivity contribution in [1.29, 1.82) is 0 Å². The van der Waals surface area contributed by atoms with Gasteiger partial charge in [0.25, 0.3) is 0 Å². The first-order valence-corrected chi connectivity index (χ1v) is 8.27. The number of hydrogen-bond acceptors (Lipinski definition) is 4. The number of fused-ring (bicyclic) bond motifs is 4. The maximum Gasteiger partial charge on any atom is 0.323 e. The van der Waals surface area contributed by atoms with E-state index in [4.69, 9.17) is 4.74 Å². The topological polar surface area (TPSA) is 57.4 Å². The number of para-hydroxylation sites is 1. The van der Waals surface area contributed by atoms with Crippen molar-refractivity contribution in [2.75, 3.05) is 27.2 Å². The van der Waals surface area contributed by atoms with Gasteiger partial charge in [-0.1, -0.05) is 18.2 Å². The Morgan fingerprint density at radius 2 is 2.04 bits per heavy atom. The van der Waals surface area contributed by atoms with E-state index in [-0.39, 0.29) is 17.6 Å². The van der Waals surface area contributed by atoms with Gasteiger partial charge >= 0.3 is 5.97 Å². The lowest BCUT2D eigenvalue weighted by Crippen LogP contribution is -2.59. The predicted molar refractivity (Wildman–Crippen MR) is 89.4 cm³/mol. The van der Waals surface area contributed by atoms with Gasteiger partial charge in [-0.3, -0.25) is 10.1 Å². The highest BCUT2D eigenvalue weighted by Gasteiger charge is 2.45. The molecule has 2 aromatic rings. The number of benzene rings is 1. The maximum atomic E-state index is 12.2. The van der Waals surface area contributed by atoms with E-state index in [1.807, 2.05) is 0 Å². The molecule has 0 radical (unpaired) electrons. The number of esters is 1. The van der Waals surface area contributed by atoms with Gasteiger partial charge in [0, 0.05) is 23.0 Å². The average Bonchev–Trinajstić information content (AvgIpc) is 2.96. The summed E-state index contributed by atoms with van der Waals surface area (Å²) in [5.41, 5.74) is 3.55. The zero-order valence-corrected chi connectivity index (χ0v) is 13.7. The molecule has 3 heterocycles. The van der Waals surface area contributed by atoms with Crippen molar-refractivity contribution in [3.8, 4) is 0 Å². The van der Waals surface area contributed by atoms with Crippen molar-refractivity contribution in [2.45, 2.75) is 30.8 Å². The van der Waals surface area contributed by atoms with E-state index in [2.05, 4.69) is 46.5 Å². The van der Waals surface area contributed by atoms with Crippen LogP contribution in [0, 0.1) is 0 Å². The molecule has 0 amide bonds. The Balaban J connectivity index is 1.85. The van der Waals surface area contributed by atoms with Crippen LogP contribution in [0.25, 0.3) is 10.9 Å². The Hall–Kier alpha value is -1.85. The van der Waals surface area contributed by atoms with Gasteiger partial charge < -0.3 is 14.6 Å². The lowest BCUT2D eigenvalue weighted by atomic mass is 9.77. The third kappa shape index (κ3) is 2.26. The minimum Gasteiger partial charge on any atom is -0.468 e. The molecule has 122 valence electrons. The van der Waals surface area contributed by atoms with Gasteiger partial charge in [0.1, 0.15) is 6.04 Å². The number of nitrogens with one attached hydrogen (secondary N) is 2. The lowest BCUT2D eigenvalue weighted by molar-refractivity contribution is -0.144. The quantitative estimate of drug-likeness (QED) is 0.788. The van der Waals surface area contributed by atoms with Crippen LogP contribution in [0.15, 0.2) is 24.3 Å². The van der Waals surface area contributed by atoms with Crippen molar-refractivity contribution in [3.63, 3.8) is 0 Å². The zero-order chi connectivity index (χ0) is 16.0. The van der Waals surface area contributed by atoms with Crippen LogP contribution in [0.4, 0.5) is 0 Å². The van der Waals surface area contributed by atoms with Crippen LogP contribution in [0.2, 0.25) is 0 Å². The summed E-state index contributed by atoms with van der Waals surface area (Å²) in [5.74, 6) is -0.167. The molecule has 1 unspecified atom stereocenters. The molecule has 0 aliphatic carbocycles. The highest BCUT2D eigenvalue weighted by molar-refractivity contribution is 5.87. The Morgan fingerprint density at radius 3 is 2.78 bits per heavy atom. The molecule has 2 aliphatic rings. The van der Waals surface area contributed by atoms with Crippen molar-refractivity contribution in [1.82, 2.24) is 15.2 Å². The van der Waals surface area contributed by atoms with E-state index in [1.165, 1.54) is 23.8 Å². The minimum atomic E-state index is -0.268. The number of hydrogen-bond donors (Lipinski definition) is 2. The summed E-state index contributed by atoms with van der Waals surface area (Å²) in [6.07, 6.45) is 2.68. The molecular weight excluding hydrogens is 290 g/mol. The number of rotatable bonds is 1. The SMILES string of the molecule is COC(=O)C1Cc2c([nH]c3ccccc23)C2(CCN(C)CC2)N1. The molecular formula is C18H23N3O2.